The molecular formula is C18H20N2OS. The van der Waals surface area contributed by atoms with E-state index in [1.807, 2.05) is 31.4 Å². The standard InChI is InChI=1S/C18H20N2OS/c1-12-3-6-16(22-2)8-17(12)18(21)20-9-13-4-5-14-10-19-11-15(14)7-13/h3-8,19H,9-11H2,1-2H3,(H,20,21). The highest BCUT2D eigenvalue weighted by Gasteiger charge is 2.12. The van der Waals surface area contributed by atoms with Gasteiger partial charge < -0.3 is 10.6 Å². The predicted molar refractivity (Wildman–Crippen MR) is 91.1 cm³/mol. The zero-order valence-electron chi connectivity index (χ0n) is 12.9. The second kappa shape index (κ2) is 6.55. The molecule has 2 aromatic carbocycles. The van der Waals surface area contributed by atoms with Crippen molar-refractivity contribution in [3.8, 4) is 0 Å². The van der Waals surface area contributed by atoms with Crippen LogP contribution in [0.4, 0.5) is 0 Å². The third kappa shape index (κ3) is 3.18. The Morgan fingerprint density at radius 2 is 2.00 bits per heavy atom. The Bertz CT molecular complexity index is 712. The molecule has 114 valence electrons. The average molecular weight is 312 g/mol. The minimum absolute atomic E-state index is 0.00739. The van der Waals surface area contributed by atoms with Crippen LogP contribution in [-0.4, -0.2) is 12.2 Å². The molecule has 22 heavy (non-hydrogen) atoms. The molecule has 2 aromatic rings. The molecular weight excluding hydrogens is 292 g/mol. The largest absolute Gasteiger partial charge is 0.348 e. The lowest BCUT2D eigenvalue weighted by Crippen LogP contribution is -2.23. The third-order valence-electron chi connectivity index (χ3n) is 4.04. The molecule has 0 aromatic heterocycles. The first-order chi connectivity index (χ1) is 10.7. The van der Waals surface area contributed by atoms with E-state index in [1.165, 1.54) is 11.1 Å². The van der Waals surface area contributed by atoms with Crippen LogP contribution in [-0.2, 0) is 19.6 Å². The average Bonchev–Trinajstić information content (AvgIpc) is 3.00. The van der Waals surface area contributed by atoms with Crippen LogP contribution in [0.3, 0.4) is 0 Å². The summed E-state index contributed by atoms with van der Waals surface area (Å²) in [5, 5.41) is 6.37. The molecule has 1 aliphatic rings. The van der Waals surface area contributed by atoms with E-state index in [-0.39, 0.29) is 5.91 Å². The maximum absolute atomic E-state index is 12.4. The van der Waals surface area contributed by atoms with Gasteiger partial charge in [0.2, 0.25) is 0 Å². The molecule has 0 saturated carbocycles. The van der Waals surface area contributed by atoms with E-state index in [0.29, 0.717) is 6.54 Å². The number of benzene rings is 2. The minimum atomic E-state index is -0.00739. The van der Waals surface area contributed by atoms with Crippen molar-refractivity contribution in [2.24, 2.45) is 0 Å². The van der Waals surface area contributed by atoms with Crippen molar-refractivity contribution in [2.75, 3.05) is 6.26 Å². The number of thioether (sulfide) groups is 1. The zero-order valence-corrected chi connectivity index (χ0v) is 13.7. The number of carbonyl (C=O) groups excluding carboxylic acids is 1. The van der Waals surface area contributed by atoms with Gasteiger partial charge >= 0.3 is 0 Å². The van der Waals surface area contributed by atoms with Crippen LogP contribution in [0, 0.1) is 6.92 Å². The van der Waals surface area contributed by atoms with Gasteiger partial charge in [0.15, 0.2) is 0 Å². The molecule has 1 aliphatic heterocycles. The smallest absolute Gasteiger partial charge is 0.251 e. The van der Waals surface area contributed by atoms with Crippen molar-refractivity contribution in [1.82, 2.24) is 10.6 Å². The molecule has 1 amide bonds. The number of nitrogens with one attached hydrogen (secondary N) is 2. The first-order valence-corrected chi connectivity index (χ1v) is 8.64. The lowest BCUT2D eigenvalue weighted by Gasteiger charge is -2.10. The van der Waals surface area contributed by atoms with Crippen molar-refractivity contribution in [3.05, 3.63) is 64.2 Å². The van der Waals surface area contributed by atoms with Gasteiger partial charge in [-0.15, -0.1) is 11.8 Å². The zero-order chi connectivity index (χ0) is 15.5. The Kier molecular flexibility index (Phi) is 4.50. The van der Waals surface area contributed by atoms with Gasteiger partial charge in [-0.3, -0.25) is 4.79 Å². The summed E-state index contributed by atoms with van der Waals surface area (Å²) in [7, 11) is 0. The lowest BCUT2D eigenvalue weighted by molar-refractivity contribution is 0.0950. The van der Waals surface area contributed by atoms with Crippen LogP contribution in [0.2, 0.25) is 0 Å². The quantitative estimate of drug-likeness (QED) is 0.852. The van der Waals surface area contributed by atoms with Crippen LogP contribution < -0.4 is 10.6 Å². The van der Waals surface area contributed by atoms with Gasteiger partial charge in [0, 0.05) is 30.1 Å². The summed E-state index contributed by atoms with van der Waals surface area (Å²) in [6, 6.07) is 12.4. The van der Waals surface area contributed by atoms with Crippen LogP contribution in [0.25, 0.3) is 0 Å². The highest BCUT2D eigenvalue weighted by atomic mass is 32.2. The number of hydrogen-bond donors (Lipinski definition) is 2. The molecule has 3 rings (SSSR count). The third-order valence-corrected chi connectivity index (χ3v) is 4.77. The van der Waals surface area contributed by atoms with Gasteiger partial charge in [-0.25, -0.2) is 0 Å². The summed E-state index contributed by atoms with van der Waals surface area (Å²) >= 11 is 1.65. The number of carbonyl (C=O) groups is 1. The summed E-state index contributed by atoms with van der Waals surface area (Å²) in [6.07, 6.45) is 2.02. The Hall–Kier alpha value is -1.78. The monoisotopic (exact) mass is 312 g/mol. The van der Waals surface area contributed by atoms with Gasteiger partial charge in [-0.1, -0.05) is 24.3 Å². The minimum Gasteiger partial charge on any atom is -0.348 e. The second-order valence-corrected chi connectivity index (χ2v) is 6.45. The Morgan fingerprint density at radius 1 is 1.18 bits per heavy atom. The molecule has 0 bridgehead atoms. The summed E-state index contributed by atoms with van der Waals surface area (Å²) < 4.78 is 0. The number of amides is 1. The normalized spacial score (nSPS) is 13.0. The molecule has 2 N–H and O–H groups in total. The number of aryl methyl sites for hydroxylation is 1. The summed E-state index contributed by atoms with van der Waals surface area (Å²) in [4.78, 5) is 13.5. The molecule has 0 spiro atoms. The van der Waals surface area contributed by atoms with Crippen LogP contribution in [0.5, 0.6) is 0 Å². The van der Waals surface area contributed by atoms with Crippen molar-refractivity contribution >= 4 is 17.7 Å². The van der Waals surface area contributed by atoms with E-state index in [9.17, 15) is 4.79 Å². The molecule has 0 saturated heterocycles. The van der Waals surface area contributed by atoms with Crippen molar-refractivity contribution in [2.45, 2.75) is 31.5 Å². The molecule has 0 aliphatic carbocycles. The molecule has 4 heteroatoms. The van der Waals surface area contributed by atoms with E-state index < -0.39 is 0 Å². The van der Waals surface area contributed by atoms with Gasteiger partial charge in [0.1, 0.15) is 0 Å². The fourth-order valence-corrected chi connectivity index (χ4v) is 3.15. The van der Waals surface area contributed by atoms with Gasteiger partial charge in [-0.05, 0) is 47.6 Å². The van der Waals surface area contributed by atoms with Crippen LogP contribution in [0.15, 0.2) is 41.3 Å². The first kappa shape index (κ1) is 15.1. The second-order valence-electron chi connectivity index (χ2n) is 5.57. The Balaban J connectivity index is 1.70. The highest BCUT2D eigenvalue weighted by molar-refractivity contribution is 7.98. The van der Waals surface area contributed by atoms with Gasteiger partial charge in [-0.2, -0.15) is 0 Å². The number of fused-ring (bicyclic) bond motifs is 1. The van der Waals surface area contributed by atoms with Gasteiger partial charge in [0.05, 0.1) is 0 Å². The van der Waals surface area contributed by atoms with Crippen molar-refractivity contribution in [3.63, 3.8) is 0 Å². The van der Waals surface area contributed by atoms with Crippen LogP contribution >= 0.6 is 11.8 Å². The molecule has 0 radical (unpaired) electrons. The predicted octanol–water partition coefficient (Wildman–Crippen LogP) is 3.25. The van der Waals surface area contributed by atoms with E-state index in [4.69, 9.17) is 0 Å². The van der Waals surface area contributed by atoms with Crippen molar-refractivity contribution < 1.29 is 4.79 Å². The van der Waals surface area contributed by atoms with E-state index in [1.54, 1.807) is 11.8 Å². The number of rotatable bonds is 4. The van der Waals surface area contributed by atoms with Gasteiger partial charge in [0.25, 0.3) is 5.91 Å². The number of hydrogen-bond acceptors (Lipinski definition) is 3. The molecule has 3 nitrogen and oxygen atoms in total. The van der Waals surface area contributed by atoms with Crippen molar-refractivity contribution in [1.29, 1.82) is 0 Å². The molecule has 0 unspecified atom stereocenters. The molecule has 0 atom stereocenters. The summed E-state index contributed by atoms with van der Waals surface area (Å²) in [6.45, 7) is 4.41. The maximum Gasteiger partial charge on any atom is 0.251 e. The first-order valence-electron chi connectivity index (χ1n) is 7.41. The van der Waals surface area contributed by atoms with E-state index in [2.05, 4.69) is 28.8 Å². The van der Waals surface area contributed by atoms with Crippen LogP contribution in [0.1, 0.15) is 32.6 Å². The molecule has 1 heterocycles. The molecule has 0 fully saturated rings. The van der Waals surface area contributed by atoms with E-state index >= 15 is 0 Å². The van der Waals surface area contributed by atoms with E-state index in [0.717, 1.165) is 34.7 Å². The topological polar surface area (TPSA) is 41.1 Å². The lowest BCUT2D eigenvalue weighted by atomic mass is 10.1. The Labute approximate surface area is 135 Å². The highest BCUT2D eigenvalue weighted by Crippen LogP contribution is 2.20. The summed E-state index contributed by atoms with van der Waals surface area (Å²) in [5.41, 5.74) is 5.61. The fraction of sp³-hybridized carbons (Fsp3) is 0.278. The SMILES string of the molecule is CSc1ccc(C)c(C(=O)NCc2ccc3c(c2)CNC3)c1. The summed E-state index contributed by atoms with van der Waals surface area (Å²) in [5.74, 6) is -0.00739. The maximum atomic E-state index is 12.4. The fourth-order valence-electron chi connectivity index (χ4n) is 2.71. The Morgan fingerprint density at radius 3 is 2.82 bits per heavy atom.